The highest BCUT2D eigenvalue weighted by Crippen LogP contribution is 2.20. The number of aliphatic hydroxyl groups excluding tert-OH is 1. The minimum Gasteiger partial charge on any atom is -0.386 e. The molecule has 1 atom stereocenters. The van der Waals surface area contributed by atoms with Gasteiger partial charge in [0, 0.05) is 32.7 Å². The average Bonchev–Trinajstić information content (AvgIpc) is 2.89. The third-order valence-electron chi connectivity index (χ3n) is 2.13. The fraction of sp³-hybridized carbons (Fsp3) is 0.273. The van der Waals surface area contributed by atoms with Crippen molar-refractivity contribution >= 4 is 38.6 Å². The number of hydrogen-bond acceptors (Lipinski definition) is 4. The highest BCUT2D eigenvalue weighted by Gasteiger charge is 2.07. The Morgan fingerprint density at radius 3 is 2.94 bits per heavy atom. The number of halogens is 1. The molecule has 2 aromatic heterocycles. The van der Waals surface area contributed by atoms with E-state index in [1.807, 2.05) is 17.5 Å². The van der Waals surface area contributed by atoms with Crippen molar-refractivity contribution in [2.45, 2.75) is 12.6 Å². The first-order valence-corrected chi connectivity index (χ1v) is 7.46. The van der Waals surface area contributed by atoms with Gasteiger partial charge in [-0.15, -0.1) is 22.7 Å². The summed E-state index contributed by atoms with van der Waals surface area (Å²) < 4.78 is 1.12. The van der Waals surface area contributed by atoms with E-state index in [2.05, 4.69) is 32.7 Å². The summed E-state index contributed by atoms with van der Waals surface area (Å²) in [4.78, 5) is 2.28. The van der Waals surface area contributed by atoms with E-state index in [0.717, 1.165) is 15.9 Å². The van der Waals surface area contributed by atoms with Gasteiger partial charge in [0.15, 0.2) is 0 Å². The third-order valence-corrected chi connectivity index (χ3v) is 4.80. The molecule has 86 valence electrons. The molecule has 0 aliphatic rings. The van der Waals surface area contributed by atoms with E-state index in [-0.39, 0.29) is 0 Å². The van der Waals surface area contributed by atoms with Gasteiger partial charge in [-0.3, -0.25) is 0 Å². The zero-order chi connectivity index (χ0) is 11.4. The molecule has 0 saturated carbocycles. The second kappa shape index (κ2) is 5.93. The van der Waals surface area contributed by atoms with Crippen molar-refractivity contribution in [1.29, 1.82) is 0 Å². The van der Waals surface area contributed by atoms with Crippen LogP contribution in [-0.2, 0) is 6.54 Å². The summed E-state index contributed by atoms with van der Waals surface area (Å²) in [7, 11) is 0. The van der Waals surface area contributed by atoms with Crippen LogP contribution < -0.4 is 5.32 Å². The minimum absolute atomic E-state index is 0.400. The van der Waals surface area contributed by atoms with Crippen molar-refractivity contribution in [3.8, 4) is 0 Å². The molecule has 2 N–H and O–H groups in total. The Bertz CT molecular complexity index is 427. The number of hydrogen-bond donors (Lipinski definition) is 2. The van der Waals surface area contributed by atoms with Crippen molar-refractivity contribution < 1.29 is 5.11 Å². The Morgan fingerprint density at radius 2 is 2.31 bits per heavy atom. The van der Waals surface area contributed by atoms with Crippen LogP contribution in [0.4, 0.5) is 0 Å². The van der Waals surface area contributed by atoms with Gasteiger partial charge in [0.05, 0.1) is 0 Å². The van der Waals surface area contributed by atoms with Crippen LogP contribution in [0.1, 0.15) is 15.9 Å². The quantitative estimate of drug-likeness (QED) is 0.886. The molecule has 0 aromatic carbocycles. The van der Waals surface area contributed by atoms with Crippen LogP contribution in [0, 0.1) is 0 Å². The zero-order valence-electron chi connectivity index (χ0n) is 8.52. The molecule has 0 aliphatic heterocycles. The third kappa shape index (κ3) is 3.40. The van der Waals surface area contributed by atoms with Gasteiger partial charge in [0.25, 0.3) is 0 Å². The molecule has 0 amide bonds. The molecule has 0 fully saturated rings. The van der Waals surface area contributed by atoms with Crippen LogP contribution in [0.2, 0.25) is 0 Å². The van der Waals surface area contributed by atoms with Gasteiger partial charge in [-0.2, -0.15) is 0 Å². The molecule has 0 saturated heterocycles. The van der Waals surface area contributed by atoms with Gasteiger partial charge in [-0.25, -0.2) is 0 Å². The molecule has 1 unspecified atom stereocenters. The monoisotopic (exact) mass is 317 g/mol. The highest BCUT2D eigenvalue weighted by atomic mass is 79.9. The van der Waals surface area contributed by atoms with Gasteiger partial charge >= 0.3 is 0 Å². The molecule has 2 nitrogen and oxygen atoms in total. The number of thiophene rings is 2. The molecular weight excluding hydrogens is 306 g/mol. The topological polar surface area (TPSA) is 32.3 Å². The Kier molecular flexibility index (Phi) is 4.55. The first-order valence-electron chi connectivity index (χ1n) is 4.91. The standard InChI is InChI=1S/C11H12BrNOS2/c12-8-4-9(16-7-8)5-13-6-10(14)11-2-1-3-15-11/h1-4,7,10,13-14H,5-6H2. The summed E-state index contributed by atoms with van der Waals surface area (Å²) in [5.41, 5.74) is 0. The summed E-state index contributed by atoms with van der Waals surface area (Å²) in [6.45, 7) is 1.40. The lowest BCUT2D eigenvalue weighted by atomic mass is 10.3. The smallest absolute Gasteiger partial charge is 0.101 e. The zero-order valence-corrected chi connectivity index (χ0v) is 11.7. The van der Waals surface area contributed by atoms with Gasteiger partial charge in [-0.05, 0) is 33.4 Å². The van der Waals surface area contributed by atoms with Crippen LogP contribution in [-0.4, -0.2) is 11.7 Å². The Balaban J connectivity index is 1.76. The Morgan fingerprint density at radius 1 is 1.44 bits per heavy atom. The lowest BCUT2D eigenvalue weighted by molar-refractivity contribution is 0.178. The summed E-state index contributed by atoms with van der Waals surface area (Å²) in [5, 5.41) is 17.1. The second-order valence-corrected chi connectivity index (χ2v) is 6.28. The maximum absolute atomic E-state index is 9.83. The maximum atomic E-state index is 9.83. The molecule has 0 radical (unpaired) electrons. The van der Waals surface area contributed by atoms with Crippen molar-refractivity contribution in [3.05, 3.63) is 43.2 Å². The largest absolute Gasteiger partial charge is 0.386 e. The SMILES string of the molecule is OC(CNCc1cc(Br)cs1)c1cccs1. The molecule has 0 spiro atoms. The fourth-order valence-electron chi connectivity index (χ4n) is 1.36. The Hall–Kier alpha value is -0.200. The Labute approximate surface area is 111 Å². The van der Waals surface area contributed by atoms with Gasteiger partial charge in [0.1, 0.15) is 6.10 Å². The van der Waals surface area contributed by atoms with Crippen molar-refractivity contribution in [3.63, 3.8) is 0 Å². The predicted molar refractivity (Wildman–Crippen MR) is 73.0 cm³/mol. The van der Waals surface area contributed by atoms with Crippen molar-refractivity contribution in [2.75, 3.05) is 6.54 Å². The molecule has 16 heavy (non-hydrogen) atoms. The first kappa shape index (κ1) is 12.3. The molecule has 0 bridgehead atoms. The molecular formula is C11H12BrNOS2. The number of nitrogens with one attached hydrogen (secondary N) is 1. The van der Waals surface area contributed by atoms with Crippen LogP contribution in [0.25, 0.3) is 0 Å². The van der Waals surface area contributed by atoms with Crippen LogP contribution in [0.5, 0.6) is 0 Å². The van der Waals surface area contributed by atoms with Gasteiger partial charge < -0.3 is 10.4 Å². The molecule has 2 rings (SSSR count). The minimum atomic E-state index is -0.400. The van der Waals surface area contributed by atoms with E-state index in [4.69, 9.17) is 0 Å². The normalized spacial score (nSPS) is 12.9. The van der Waals surface area contributed by atoms with Crippen LogP contribution in [0.3, 0.4) is 0 Å². The van der Waals surface area contributed by atoms with E-state index in [0.29, 0.717) is 6.54 Å². The number of rotatable bonds is 5. The van der Waals surface area contributed by atoms with E-state index in [1.165, 1.54) is 4.88 Å². The van der Waals surface area contributed by atoms with E-state index in [1.54, 1.807) is 22.7 Å². The van der Waals surface area contributed by atoms with E-state index in [9.17, 15) is 5.11 Å². The van der Waals surface area contributed by atoms with E-state index < -0.39 is 6.10 Å². The summed E-state index contributed by atoms with van der Waals surface area (Å²) in [6, 6.07) is 6.01. The summed E-state index contributed by atoms with van der Waals surface area (Å²) >= 11 is 6.72. The van der Waals surface area contributed by atoms with Crippen LogP contribution >= 0.6 is 38.6 Å². The predicted octanol–water partition coefficient (Wildman–Crippen LogP) is 3.40. The molecule has 5 heteroatoms. The highest BCUT2D eigenvalue weighted by molar-refractivity contribution is 9.10. The molecule has 2 aromatic rings. The van der Waals surface area contributed by atoms with Crippen LogP contribution in [0.15, 0.2) is 33.4 Å². The lowest BCUT2D eigenvalue weighted by Crippen LogP contribution is -2.19. The number of aliphatic hydroxyl groups is 1. The van der Waals surface area contributed by atoms with Crippen molar-refractivity contribution in [1.82, 2.24) is 5.32 Å². The lowest BCUT2D eigenvalue weighted by Gasteiger charge is -2.08. The van der Waals surface area contributed by atoms with Gasteiger partial charge in [-0.1, -0.05) is 6.07 Å². The second-order valence-electron chi connectivity index (χ2n) is 3.39. The summed E-state index contributed by atoms with van der Waals surface area (Å²) in [5.74, 6) is 0. The molecule has 2 heterocycles. The first-order chi connectivity index (χ1) is 7.75. The van der Waals surface area contributed by atoms with E-state index >= 15 is 0 Å². The fourth-order valence-corrected chi connectivity index (χ4v) is 3.49. The molecule has 0 aliphatic carbocycles. The van der Waals surface area contributed by atoms with Crippen molar-refractivity contribution in [2.24, 2.45) is 0 Å². The average molecular weight is 318 g/mol. The van der Waals surface area contributed by atoms with Gasteiger partial charge in [0.2, 0.25) is 0 Å². The summed E-state index contributed by atoms with van der Waals surface area (Å²) in [6.07, 6.45) is -0.400. The maximum Gasteiger partial charge on any atom is 0.101 e.